The number of carbonyl (C=O) groups excluding carboxylic acids is 2. The fourth-order valence-corrected chi connectivity index (χ4v) is 2.53. The fraction of sp³-hybridized carbons (Fsp3) is 0.500. The molecule has 1 aliphatic rings. The molecular weight excluding hydrogens is 266 g/mol. The number of rotatable bonds is 4. The molecule has 2 rings (SSSR count). The van der Waals surface area contributed by atoms with Crippen LogP contribution in [0.15, 0.2) is 18.2 Å². The molecule has 0 bridgehead atoms. The van der Waals surface area contributed by atoms with E-state index in [0.717, 1.165) is 24.8 Å². The summed E-state index contributed by atoms with van der Waals surface area (Å²) in [6, 6.07) is 5.36. The third kappa shape index (κ3) is 2.93. The minimum Gasteiger partial charge on any atom is -0.345 e. The second-order valence-electron chi connectivity index (χ2n) is 6.02. The van der Waals surface area contributed by atoms with Crippen molar-refractivity contribution in [2.75, 3.05) is 26.0 Å². The quantitative estimate of drug-likeness (QED) is 0.887. The van der Waals surface area contributed by atoms with Crippen molar-refractivity contribution in [3.63, 3.8) is 0 Å². The van der Waals surface area contributed by atoms with Gasteiger partial charge in [-0.25, -0.2) is 0 Å². The van der Waals surface area contributed by atoms with Crippen LogP contribution in [0.1, 0.15) is 35.2 Å². The molecule has 21 heavy (non-hydrogen) atoms. The highest BCUT2D eigenvalue weighted by Crippen LogP contribution is 2.41. The zero-order valence-electron chi connectivity index (χ0n) is 12.9. The number of nitrogens with zero attached hydrogens (tertiary/aromatic N) is 1. The Morgan fingerprint density at radius 1 is 1.33 bits per heavy atom. The molecule has 1 aliphatic carbocycles. The van der Waals surface area contributed by atoms with E-state index >= 15 is 0 Å². The second kappa shape index (κ2) is 5.85. The van der Waals surface area contributed by atoms with Gasteiger partial charge in [0.1, 0.15) is 0 Å². The second-order valence-corrected chi connectivity index (χ2v) is 6.02. The fourth-order valence-electron chi connectivity index (χ4n) is 2.53. The van der Waals surface area contributed by atoms with Crippen molar-refractivity contribution in [3.8, 4) is 0 Å². The first-order valence-electron chi connectivity index (χ1n) is 7.23. The SMILES string of the molecule is Cc1ccc(C(=O)N(C)C)cc1NC(=O)C1(CN)CCC1. The van der Waals surface area contributed by atoms with E-state index in [9.17, 15) is 9.59 Å². The standard InChI is InChI=1S/C16H23N3O2/c1-11-5-6-12(14(20)19(2)3)9-13(11)18-15(21)16(10-17)7-4-8-16/h5-6,9H,4,7-8,10,17H2,1-3H3,(H,18,21). The van der Waals surface area contributed by atoms with Crippen LogP contribution >= 0.6 is 0 Å². The van der Waals surface area contributed by atoms with Gasteiger partial charge in [0, 0.05) is 31.9 Å². The van der Waals surface area contributed by atoms with E-state index in [0.29, 0.717) is 17.8 Å². The molecule has 5 nitrogen and oxygen atoms in total. The lowest BCUT2D eigenvalue weighted by Gasteiger charge is -2.39. The summed E-state index contributed by atoms with van der Waals surface area (Å²) in [4.78, 5) is 26.0. The van der Waals surface area contributed by atoms with Gasteiger partial charge in [0.25, 0.3) is 5.91 Å². The highest BCUT2D eigenvalue weighted by molar-refractivity contribution is 5.99. The third-order valence-corrected chi connectivity index (χ3v) is 4.32. The number of amides is 2. The predicted octanol–water partition coefficient (Wildman–Crippen LogP) is 1.76. The van der Waals surface area contributed by atoms with Crippen LogP contribution in [-0.4, -0.2) is 37.4 Å². The maximum absolute atomic E-state index is 12.4. The average Bonchev–Trinajstić information content (AvgIpc) is 2.39. The van der Waals surface area contributed by atoms with Gasteiger partial charge in [-0.05, 0) is 37.5 Å². The van der Waals surface area contributed by atoms with Gasteiger partial charge in [-0.15, -0.1) is 0 Å². The molecule has 1 fully saturated rings. The van der Waals surface area contributed by atoms with Crippen LogP contribution in [-0.2, 0) is 4.79 Å². The van der Waals surface area contributed by atoms with Crippen molar-refractivity contribution in [1.82, 2.24) is 4.90 Å². The van der Waals surface area contributed by atoms with E-state index in [2.05, 4.69) is 5.32 Å². The molecule has 0 spiro atoms. The van der Waals surface area contributed by atoms with Gasteiger partial charge in [-0.3, -0.25) is 9.59 Å². The van der Waals surface area contributed by atoms with Crippen molar-refractivity contribution in [3.05, 3.63) is 29.3 Å². The van der Waals surface area contributed by atoms with E-state index in [-0.39, 0.29) is 11.8 Å². The van der Waals surface area contributed by atoms with Gasteiger partial charge < -0.3 is 16.0 Å². The smallest absolute Gasteiger partial charge is 0.253 e. The molecule has 3 N–H and O–H groups in total. The Morgan fingerprint density at radius 2 is 2.00 bits per heavy atom. The van der Waals surface area contributed by atoms with Gasteiger partial charge in [0.05, 0.1) is 5.41 Å². The molecule has 0 radical (unpaired) electrons. The summed E-state index contributed by atoms with van der Waals surface area (Å²) in [5, 5.41) is 2.95. The number of anilines is 1. The minimum absolute atomic E-state index is 0.0335. The molecule has 0 unspecified atom stereocenters. The summed E-state index contributed by atoms with van der Waals surface area (Å²) >= 11 is 0. The van der Waals surface area contributed by atoms with Crippen LogP contribution in [0.4, 0.5) is 5.69 Å². The molecule has 0 atom stereocenters. The molecule has 114 valence electrons. The van der Waals surface area contributed by atoms with Gasteiger partial charge in [0.2, 0.25) is 5.91 Å². The van der Waals surface area contributed by atoms with Crippen LogP contribution in [0.5, 0.6) is 0 Å². The van der Waals surface area contributed by atoms with Crippen LogP contribution in [0.2, 0.25) is 0 Å². The molecule has 0 aliphatic heterocycles. The van der Waals surface area contributed by atoms with E-state index in [4.69, 9.17) is 5.73 Å². The Labute approximate surface area is 125 Å². The number of hydrogen-bond acceptors (Lipinski definition) is 3. The maximum atomic E-state index is 12.4. The van der Waals surface area contributed by atoms with Gasteiger partial charge in [-0.1, -0.05) is 12.5 Å². The first-order valence-corrected chi connectivity index (χ1v) is 7.23. The summed E-state index contributed by atoms with van der Waals surface area (Å²) in [5.74, 6) is -0.114. The van der Waals surface area contributed by atoms with Crippen LogP contribution in [0.3, 0.4) is 0 Å². The molecule has 2 amide bonds. The number of hydrogen-bond donors (Lipinski definition) is 2. The first-order chi connectivity index (χ1) is 9.89. The highest BCUT2D eigenvalue weighted by Gasteiger charge is 2.42. The Morgan fingerprint density at radius 3 is 2.48 bits per heavy atom. The molecule has 0 aromatic heterocycles. The lowest BCUT2D eigenvalue weighted by molar-refractivity contribution is -0.129. The minimum atomic E-state index is -0.423. The zero-order valence-corrected chi connectivity index (χ0v) is 12.9. The summed E-state index contributed by atoms with van der Waals surface area (Å²) in [7, 11) is 3.41. The Balaban J connectivity index is 2.21. The van der Waals surface area contributed by atoms with E-state index in [1.54, 1.807) is 26.2 Å². The maximum Gasteiger partial charge on any atom is 0.253 e. The zero-order chi connectivity index (χ0) is 15.6. The number of nitrogens with two attached hydrogens (primary N) is 1. The average molecular weight is 289 g/mol. The van der Waals surface area contributed by atoms with E-state index < -0.39 is 5.41 Å². The number of aryl methyl sites for hydroxylation is 1. The topological polar surface area (TPSA) is 75.4 Å². The van der Waals surface area contributed by atoms with Crippen molar-refractivity contribution >= 4 is 17.5 Å². The van der Waals surface area contributed by atoms with Gasteiger partial charge in [0.15, 0.2) is 0 Å². The normalized spacial score (nSPS) is 16.0. The lowest BCUT2D eigenvalue weighted by atomic mass is 9.68. The molecule has 0 heterocycles. The lowest BCUT2D eigenvalue weighted by Crippen LogP contribution is -2.47. The Hall–Kier alpha value is -1.88. The van der Waals surface area contributed by atoms with Crippen molar-refractivity contribution in [1.29, 1.82) is 0 Å². The highest BCUT2D eigenvalue weighted by atomic mass is 16.2. The molecule has 1 aromatic rings. The molecule has 5 heteroatoms. The number of nitrogens with one attached hydrogen (secondary N) is 1. The Kier molecular flexibility index (Phi) is 4.32. The van der Waals surface area contributed by atoms with Gasteiger partial charge in [-0.2, -0.15) is 0 Å². The van der Waals surface area contributed by atoms with Crippen LogP contribution in [0, 0.1) is 12.3 Å². The van der Waals surface area contributed by atoms with E-state index in [1.165, 1.54) is 4.90 Å². The van der Waals surface area contributed by atoms with E-state index in [1.807, 2.05) is 13.0 Å². The van der Waals surface area contributed by atoms with Crippen molar-refractivity contribution in [2.24, 2.45) is 11.1 Å². The largest absolute Gasteiger partial charge is 0.345 e. The summed E-state index contributed by atoms with van der Waals surface area (Å²) < 4.78 is 0. The van der Waals surface area contributed by atoms with Crippen LogP contribution < -0.4 is 11.1 Å². The third-order valence-electron chi connectivity index (χ3n) is 4.32. The Bertz CT molecular complexity index is 557. The molecule has 1 saturated carbocycles. The van der Waals surface area contributed by atoms with Crippen molar-refractivity contribution < 1.29 is 9.59 Å². The number of carbonyl (C=O) groups is 2. The predicted molar refractivity (Wildman–Crippen MR) is 83.2 cm³/mol. The molecular formula is C16H23N3O2. The monoisotopic (exact) mass is 289 g/mol. The van der Waals surface area contributed by atoms with Crippen molar-refractivity contribution in [2.45, 2.75) is 26.2 Å². The summed E-state index contributed by atoms with van der Waals surface area (Å²) in [6.45, 7) is 2.28. The van der Waals surface area contributed by atoms with Gasteiger partial charge >= 0.3 is 0 Å². The molecule has 0 saturated heterocycles. The first kappa shape index (κ1) is 15.5. The summed E-state index contributed by atoms with van der Waals surface area (Å²) in [5.41, 5.74) is 7.52. The number of benzene rings is 1. The summed E-state index contributed by atoms with van der Waals surface area (Å²) in [6.07, 6.45) is 2.72. The molecule has 1 aromatic carbocycles. The van der Waals surface area contributed by atoms with Crippen LogP contribution in [0.25, 0.3) is 0 Å².